The number of nitrogens with one attached hydrogen (secondary N) is 1. The van der Waals surface area contributed by atoms with Gasteiger partial charge in [-0.1, -0.05) is 22.0 Å². The molecule has 0 radical (unpaired) electrons. The van der Waals surface area contributed by atoms with Crippen molar-refractivity contribution in [2.75, 3.05) is 0 Å². The predicted octanol–water partition coefficient (Wildman–Crippen LogP) is 4.11. The molecular weight excluding hydrogens is 320 g/mol. The van der Waals surface area contributed by atoms with Gasteiger partial charge in [-0.25, -0.2) is 0 Å². The van der Waals surface area contributed by atoms with E-state index < -0.39 is 0 Å². The van der Waals surface area contributed by atoms with Crippen LogP contribution in [0.5, 0.6) is 0 Å². The van der Waals surface area contributed by atoms with E-state index in [2.05, 4.69) is 45.5 Å². The van der Waals surface area contributed by atoms with Gasteiger partial charge in [0.1, 0.15) is 5.54 Å². The van der Waals surface area contributed by atoms with E-state index in [9.17, 15) is 5.26 Å². The fourth-order valence-electron chi connectivity index (χ4n) is 2.72. The number of halogens is 1. The second kappa shape index (κ2) is 5.47. The number of hydrogen-bond acceptors (Lipinski definition) is 3. The van der Waals surface area contributed by atoms with Gasteiger partial charge < -0.3 is 0 Å². The monoisotopic (exact) mass is 336 g/mol. The first kappa shape index (κ1) is 13.5. The summed E-state index contributed by atoms with van der Waals surface area (Å²) in [6.07, 6.45) is 5.58. The third kappa shape index (κ3) is 3.34. The van der Waals surface area contributed by atoms with E-state index in [1.165, 1.54) is 17.7 Å². The zero-order chi connectivity index (χ0) is 13.3. The van der Waals surface area contributed by atoms with Crippen LogP contribution in [0.1, 0.15) is 32.1 Å². The first-order valence-electron chi connectivity index (χ1n) is 6.80. The molecule has 2 aliphatic carbocycles. The van der Waals surface area contributed by atoms with Crippen molar-refractivity contribution in [3.8, 4) is 6.07 Å². The van der Waals surface area contributed by atoms with E-state index in [0.29, 0.717) is 11.3 Å². The van der Waals surface area contributed by atoms with Crippen LogP contribution in [0.25, 0.3) is 0 Å². The summed E-state index contributed by atoms with van der Waals surface area (Å²) in [5, 5.41) is 13.6. The molecule has 100 valence electrons. The largest absolute Gasteiger partial charge is 0.297 e. The number of rotatable bonds is 4. The molecule has 0 aromatic heterocycles. The SMILES string of the molecule is N#CC1(NC2CC2)CCC(Sc2cccc(Br)c2)C1. The Morgan fingerprint density at radius 1 is 1.37 bits per heavy atom. The van der Waals surface area contributed by atoms with E-state index in [0.717, 1.165) is 23.7 Å². The molecule has 0 aliphatic heterocycles. The summed E-state index contributed by atoms with van der Waals surface area (Å²) in [7, 11) is 0. The van der Waals surface area contributed by atoms with Gasteiger partial charge in [0, 0.05) is 20.7 Å². The third-order valence-electron chi connectivity index (χ3n) is 3.84. The van der Waals surface area contributed by atoms with E-state index in [4.69, 9.17) is 0 Å². The topological polar surface area (TPSA) is 35.8 Å². The zero-order valence-corrected chi connectivity index (χ0v) is 13.1. The Hall–Kier alpha value is -0.500. The number of hydrogen-bond donors (Lipinski definition) is 1. The second-order valence-electron chi connectivity index (χ2n) is 5.55. The maximum Gasteiger partial charge on any atom is 0.108 e. The Morgan fingerprint density at radius 2 is 2.21 bits per heavy atom. The van der Waals surface area contributed by atoms with Crippen molar-refractivity contribution in [1.82, 2.24) is 5.32 Å². The van der Waals surface area contributed by atoms with Gasteiger partial charge in [-0.3, -0.25) is 5.32 Å². The quantitative estimate of drug-likeness (QED) is 0.898. The predicted molar refractivity (Wildman–Crippen MR) is 82.1 cm³/mol. The fourth-order valence-corrected chi connectivity index (χ4v) is 4.61. The van der Waals surface area contributed by atoms with Crippen molar-refractivity contribution in [1.29, 1.82) is 5.26 Å². The Labute approximate surface area is 127 Å². The molecule has 0 spiro atoms. The lowest BCUT2D eigenvalue weighted by atomic mass is 10.00. The zero-order valence-electron chi connectivity index (χ0n) is 10.7. The first-order chi connectivity index (χ1) is 9.19. The van der Waals surface area contributed by atoms with Crippen molar-refractivity contribution in [3.05, 3.63) is 28.7 Å². The summed E-state index contributed by atoms with van der Waals surface area (Å²) < 4.78 is 1.12. The van der Waals surface area contributed by atoms with Crippen LogP contribution in [0, 0.1) is 11.3 Å². The summed E-state index contributed by atoms with van der Waals surface area (Å²) in [5.41, 5.74) is -0.259. The molecule has 0 bridgehead atoms. The summed E-state index contributed by atoms with van der Waals surface area (Å²) in [5.74, 6) is 0. The van der Waals surface area contributed by atoms with Gasteiger partial charge in [-0.05, 0) is 50.3 Å². The molecule has 2 unspecified atom stereocenters. The fraction of sp³-hybridized carbons (Fsp3) is 0.533. The molecule has 3 rings (SSSR count). The average molecular weight is 337 g/mol. The average Bonchev–Trinajstić information content (AvgIpc) is 3.11. The second-order valence-corrected chi connectivity index (χ2v) is 7.84. The summed E-state index contributed by atoms with van der Waals surface area (Å²) in [6.45, 7) is 0. The van der Waals surface area contributed by atoms with Crippen LogP contribution in [0.15, 0.2) is 33.6 Å². The highest BCUT2D eigenvalue weighted by Gasteiger charge is 2.43. The minimum atomic E-state index is -0.259. The van der Waals surface area contributed by atoms with Crippen LogP contribution in [0.4, 0.5) is 0 Å². The van der Waals surface area contributed by atoms with Gasteiger partial charge in [-0.2, -0.15) is 5.26 Å². The van der Waals surface area contributed by atoms with Crippen molar-refractivity contribution < 1.29 is 0 Å². The Kier molecular flexibility index (Phi) is 3.88. The number of nitrogens with zero attached hydrogens (tertiary/aromatic N) is 1. The van der Waals surface area contributed by atoms with E-state index >= 15 is 0 Å². The van der Waals surface area contributed by atoms with Crippen molar-refractivity contribution >= 4 is 27.7 Å². The summed E-state index contributed by atoms with van der Waals surface area (Å²) in [6, 6.07) is 11.6. The molecule has 4 heteroatoms. The molecule has 2 aliphatic rings. The Balaban J connectivity index is 1.63. The minimum Gasteiger partial charge on any atom is -0.297 e. The highest BCUT2D eigenvalue weighted by Crippen LogP contribution is 2.41. The summed E-state index contributed by atoms with van der Waals surface area (Å²) in [4.78, 5) is 1.29. The van der Waals surface area contributed by atoms with Gasteiger partial charge in [0.05, 0.1) is 6.07 Å². The highest BCUT2D eigenvalue weighted by molar-refractivity contribution is 9.10. The molecule has 0 amide bonds. The normalized spacial score (nSPS) is 30.2. The molecule has 0 saturated heterocycles. The molecule has 1 N–H and O–H groups in total. The van der Waals surface area contributed by atoms with Gasteiger partial charge in [-0.15, -0.1) is 11.8 Å². The van der Waals surface area contributed by atoms with Gasteiger partial charge in [0.2, 0.25) is 0 Å². The van der Waals surface area contributed by atoms with E-state index in [1.807, 2.05) is 17.8 Å². The van der Waals surface area contributed by atoms with Crippen LogP contribution in [-0.4, -0.2) is 16.8 Å². The van der Waals surface area contributed by atoms with Crippen LogP contribution < -0.4 is 5.32 Å². The maximum absolute atomic E-state index is 9.49. The lowest BCUT2D eigenvalue weighted by Crippen LogP contribution is -2.43. The Bertz CT molecular complexity index is 509. The lowest BCUT2D eigenvalue weighted by molar-refractivity contribution is 0.420. The lowest BCUT2D eigenvalue weighted by Gasteiger charge is -2.22. The molecule has 2 nitrogen and oxygen atoms in total. The molecule has 1 aromatic carbocycles. The van der Waals surface area contributed by atoms with E-state index in [-0.39, 0.29) is 5.54 Å². The molecule has 2 saturated carbocycles. The minimum absolute atomic E-state index is 0.259. The van der Waals surface area contributed by atoms with Crippen LogP contribution in [0.2, 0.25) is 0 Å². The van der Waals surface area contributed by atoms with Crippen molar-refractivity contribution in [2.45, 2.75) is 53.8 Å². The van der Waals surface area contributed by atoms with Crippen LogP contribution >= 0.6 is 27.7 Å². The van der Waals surface area contributed by atoms with Gasteiger partial charge in [0.25, 0.3) is 0 Å². The number of nitriles is 1. The molecule has 0 heterocycles. The highest BCUT2D eigenvalue weighted by atomic mass is 79.9. The van der Waals surface area contributed by atoms with E-state index in [1.54, 1.807) is 0 Å². The third-order valence-corrected chi connectivity index (χ3v) is 5.59. The first-order valence-corrected chi connectivity index (χ1v) is 8.48. The maximum atomic E-state index is 9.49. The molecule has 1 aromatic rings. The molecule has 19 heavy (non-hydrogen) atoms. The summed E-state index contributed by atoms with van der Waals surface area (Å²) >= 11 is 5.42. The number of thioether (sulfide) groups is 1. The molecular formula is C15H17BrN2S. The van der Waals surface area contributed by atoms with Crippen molar-refractivity contribution in [2.24, 2.45) is 0 Å². The standard InChI is InChI=1S/C15H17BrN2S/c16-11-2-1-3-13(8-11)19-14-6-7-15(9-14,10-17)18-12-4-5-12/h1-3,8,12,14,18H,4-7,9H2. The van der Waals surface area contributed by atoms with Crippen molar-refractivity contribution in [3.63, 3.8) is 0 Å². The molecule has 2 atom stereocenters. The van der Waals surface area contributed by atoms with Gasteiger partial charge >= 0.3 is 0 Å². The van der Waals surface area contributed by atoms with Crippen LogP contribution in [-0.2, 0) is 0 Å². The molecule has 2 fully saturated rings. The Morgan fingerprint density at radius 3 is 2.89 bits per heavy atom. The van der Waals surface area contributed by atoms with Crippen LogP contribution in [0.3, 0.4) is 0 Å². The van der Waals surface area contributed by atoms with Gasteiger partial charge in [0.15, 0.2) is 0 Å². The smallest absolute Gasteiger partial charge is 0.108 e. The number of benzene rings is 1.